The molecule has 0 amide bonds. The summed E-state index contributed by atoms with van der Waals surface area (Å²) in [5.74, 6) is 4.39. The normalized spacial score (nSPS) is 13.7. The minimum Gasteiger partial charge on any atom is -0.508 e. The van der Waals surface area contributed by atoms with Gasteiger partial charge >= 0.3 is 0 Å². The molecule has 4 N–H and O–H groups in total. The van der Waals surface area contributed by atoms with Crippen LogP contribution in [0.2, 0.25) is 0 Å². The summed E-state index contributed by atoms with van der Waals surface area (Å²) in [4.78, 5) is 10.1. The number of carbonyl (C=O) groups excluding carboxylic acids is 1. The van der Waals surface area contributed by atoms with E-state index in [9.17, 15) is 15.0 Å². The number of aromatic hydroxyl groups is 4. The molecular weight excluding hydrogens is 473 g/mol. The van der Waals surface area contributed by atoms with Crippen LogP contribution in [0.5, 0.6) is 23.0 Å². The van der Waals surface area contributed by atoms with E-state index in [1.807, 2.05) is 29.6 Å². The SMILES string of the molecule is O=Cc1ccc(O)cc1O.Oc1ccc(C2SCCCCS2)c(O)c1.SCCCCS. The summed E-state index contributed by atoms with van der Waals surface area (Å²) in [5.41, 5.74) is 1.11. The van der Waals surface area contributed by atoms with Crippen LogP contribution < -0.4 is 0 Å². The molecule has 9 heteroatoms. The number of hydrogen-bond acceptors (Lipinski definition) is 9. The zero-order valence-electron chi connectivity index (χ0n) is 17.2. The lowest BCUT2D eigenvalue weighted by Gasteiger charge is -2.14. The van der Waals surface area contributed by atoms with Crippen molar-refractivity contribution in [3.63, 3.8) is 0 Å². The van der Waals surface area contributed by atoms with Crippen molar-refractivity contribution < 1.29 is 25.2 Å². The highest BCUT2D eigenvalue weighted by Gasteiger charge is 2.18. The molecule has 0 bridgehead atoms. The minimum absolute atomic E-state index is 0.0527. The molecule has 1 heterocycles. The van der Waals surface area contributed by atoms with Crippen LogP contribution >= 0.6 is 48.8 Å². The van der Waals surface area contributed by atoms with E-state index >= 15 is 0 Å². The quantitative estimate of drug-likeness (QED) is 0.172. The van der Waals surface area contributed by atoms with Crippen LogP contribution in [0.1, 0.15) is 46.2 Å². The number of thioether (sulfide) groups is 2. The predicted octanol–water partition coefficient (Wildman–Crippen LogP) is 5.89. The fraction of sp³-hybridized carbons (Fsp3) is 0.409. The van der Waals surface area contributed by atoms with Gasteiger partial charge in [0.2, 0.25) is 0 Å². The fourth-order valence-electron chi connectivity index (χ4n) is 2.40. The third-order valence-electron chi connectivity index (χ3n) is 4.05. The van der Waals surface area contributed by atoms with Gasteiger partial charge in [-0.15, -0.1) is 23.5 Å². The van der Waals surface area contributed by atoms with E-state index in [4.69, 9.17) is 10.2 Å². The topological polar surface area (TPSA) is 98.0 Å². The van der Waals surface area contributed by atoms with Crippen LogP contribution in [0, 0.1) is 0 Å². The van der Waals surface area contributed by atoms with Crippen molar-refractivity contribution >= 4 is 55.1 Å². The molecule has 0 saturated carbocycles. The third-order valence-corrected chi connectivity index (χ3v) is 7.66. The Bertz CT molecular complexity index is 776. The number of benzene rings is 2. The standard InChI is InChI=1S/C11H14O2S2.C7H6O3.C4H10S2/c12-8-3-4-9(10(13)7-8)11-14-5-1-2-6-15-11;8-4-5-1-2-6(9)3-7(5)10;5-3-1-2-4-6/h3-4,7,11-13H,1-2,5-6H2;1-4,9-10H;5-6H,1-4H2. The number of rotatable bonds is 5. The van der Waals surface area contributed by atoms with Crippen molar-refractivity contribution in [2.75, 3.05) is 23.0 Å². The van der Waals surface area contributed by atoms with Crippen molar-refractivity contribution in [3.8, 4) is 23.0 Å². The Balaban J connectivity index is 0.000000260. The van der Waals surface area contributed by atoms with Crippen LogP contribution in [0.25, 0.3) is 0 Å². The summed E-state index contributed by atoms with van der Waals surface area (Å²) in [6, 6.07) is 8.67. The summed E-state index contributed by atoms with van der Waals surface area (Å²) in [7, 11) is 0. The highest BCUT2D eigenvalue weighted by atomic mass is 32.2. The van der Waals surface area contributed by atoms with Gasteiger partial charge in [-0.25, -0.2) is 0 Å². The highest BCUT2D eigenvalue weighted by molar-refractivity contribution is 8.16. The number of phenols is 4. The van der Waals surface area contributed by atoms with Crippen LogP contribution in [0.3, 0.4) is 0 Å². The summed E-state index contributed by atoms with van der Waals surface area (Å²) in [5, 5.41) is 36.6. The Kier molecular flexibility index (Phi) is 14.6. The Morgan fingerprint density at radius 2 is 1.35 bits per heavy atom. The van der Waals surface area contributed by atoms with Crippen molar-refractivity contribution in [3.05, 3.63) is 47.5 Å². The van der Waals surface area contributed by atoms with Gasteiger partial charge in [0.05, 0.1) is 10.1 Å². The van der Waals surface area contributed by atoms with E-state index in [-0.39, 0.29) is 28.6 Å². The molecule has 0 atom stereocenters. The molecular formula is C22H30O5S4. The van der Waals surface area contributed by atoms with Crippen molar-refractivity contribution in [2.24, 2.45) is 0 Å². The molecule has 0 aromatic heterocycles. The minimum atomic E-state index is -0.199. The molecule has 0 aliphatic carbocycles. The van der Waals surface area contributed by atoms with Gasteiger partial charge < -0.3 is 20.4 Å². The molecule has 1 fully saturated rings. The smallest absolute Gasteiger partial charge is 0.153 e. The maximum atomic E-state index is 10.1. The Hall–Kier alpha value is -1.29. The van der Waals surface area contributed by atoms with Crippen LogP contribution in [0.15, 0.2) is 36.4 Å². The second-order valence-electron chi connectivity index (χ2n) is 6.54. The maximum Gasteiger partial charge on any atom is 0.153 e. The average Bonchev–Trinajstić information content (AvgIpc) is 3.03. The number of thiol groups is 2. The first-order valence-corrected chi connectivity index (χ1v) is 13.2. The second kappa shape index (κ2) is 16.4. The van der Waals surface area contributed by atoms with Gasteiger partial charge in [-0.05, 0) is 73.0 Å². The van der Waals surface area contributed by atoms with Crippen LogP contribution in [-0.2, 0) is 0 Å². The van der Waals surface area contributed by atoms with E-state index in [2.05, 4.69) is 25.3 Å². The van der Waals surface area contributed by atoms with Gasteiger partial charge in [-0.1, -0.05) is 0 Å². The summed E-state index contributed by atoms with van der Waals surface area (Å²) < 4.78 is 0.313. The van der Waals surface area contributed by atoms with E-state index in [1.165, 1.54) is 43.9 Å². The molecule has 2 aromatic carbocycles. The number of hydrogen-bond donors (Lipinski definition) is 6. The summed E-state index contributed by atoms with van der Waals surface area (Å²) >= 11 is 11.8. The zero-order valence-corrected chi connectivity index (χ0v) is 20.6. The Morgan fingerprint density at radius 1 is 0.839 bits per heavy atom. The first kappa shape index (κ1) is 27.7. The number of carbonyl (C=O) groups is 1. The largest absolute Gasteiger partial charge is 0.508 e. The third kappa shape index (κ3) is 11.2. The molecule has 5 nitrogen and oxygen atoms in total. The molecule has 0 radical (unpaired) electrons. The summed E-state index contributed by atoms with van der Waals surface area (Å²) in [6.45, 7) is 0. The molecule has 3 rings (SSSR count). The second-order valence-corrected chi connectivity index (χ2v) is 10.2. The van der Waals surface area contributed by atoms with Gasteiger partial charge in [0, 0.05) is 17.7 Å². The number of aldehydes is 1. The Morgan fingerprint density at radius 3 is 1.81 bits per heavy atom. The van der Waals surface area contributed by atoms with E-state index in [0.717, 1.165) is 34.6 Å². The van der Waals surface area contributed by atoms with E-state index in [0.29, 0.717) is 10.9 Å². The molecule has 2 aromatic rings. The molecule has 0 spiro atoms. The molecule has 1 saturated heterocycles. The summed E-state index contributed by atoms with van der Waals surface area (Å²) in [6.07, 6.45) is 5.44. The number of phenolic OH excluding ortho intramolecular Hbond substituents is 4. The zero-order chi connectivity index (χ0) is 23.1. The molecule has 1 aliphatic rings. The van der Waals surface area contributed by atoms with Crippen molar-refractivity contribution in [1.82, 2.24) is 0 Å². The first-order valence-electron chi connectivity index (χ1n) is 9.86. The highest BCUT2D eigenvalue weighted by Crippen LogP contribution is 2.46. The first-order chi connectivity index (χ1) is 14.9. The molecule has 172 valence electrons. The monoisotopic (exact) mass is 502 g/mol. The van der Waals surface area contributed by atoms with Crippen LogP contribution in [0.4, 0.5) is 0 Å². The van der Waals surface area contributed by atoms with Gasteiger partial charge in [0.1, 0.15) is 23.0 Å². The van der Waals surface area contributed by atoms with Crippen LogP contribution in [-0.4, -0.2) is 49.7 Å². The lowest BCUT2D eigenvalue weighted by Crippen LogP contribution is -1.90. The van der Waals surface area contributed by atoms with Gasteiger partial charge in [0.25, 0.3) is 0 Å². The lowest BCUT2D eigenvalue weighted by atomic mass is 10.2. The maximum absolute atomic E-state index is 10.1. The van der Waals surface area contributed by atoms with Gasteiger partial charge in [0.15, 0.2) is 6.29 Å². The van der Waals surface area contributed by atoms with Gasteiger partial charge in [-0.2, -0.15) is 25.3 Å². The van der Waals surface area contributed by atoms with Crippen molar-refractivity contribution in [1.29, 1.82) is 0 Å². The average molecular weight is 503 g/mol. The fourth-order valence-corrected chi connectivity index (χ4v) is 5.74. The predicted molar refractivity (Wildman–Crippen MR) is 139 cm³/mol. The van der Waals surface area contributed by atoms with E-state index < -0.39 is 0 Å². The lowest BCUT2D eigenvalue weighted by molar-refractivity contribution is 0.112. The molecule has 0 unspecified atom stereocenters. The number of unbranched alkanes of at least 4 members (excludes halogenated alkanes) is 1. The van der Waals surface area contributed by atoms with Gasteiger partial charge in [-0.3, -0.25) is 4.79 Å². The van der Waals surface area contributed by atoms with E-state index in [1.54, 1.807) is 6.07 Å². The Labute approximate surface area is 203 Å². The molecule has 31 heavy (non-hydrogen) atoms. The molecule has 1 aliphatic heterocycles. The van der Waals surface area contributed by atoms with Crippen molar-refractivity contribution in [2.45, 2.75) is 30.3 Å².